The number of hydrogen-bond acceptors (Lipinski definition) is 3. The van der Waals surface area contributed by atoms with Crippen LogP contribution in [0.25, 0.3) is 0 Å². The van der Waals surface area contributed by atoms with Crippen LogP contribution in [-0.4, -0.2) is 37.5 Å². The molecule has 19 heavy (non-hydrogen) atoms. The monoisotopic (exact) mass is 366 g/mol. The maximum atomic E-state index is 12.3. The fraction of sp³-hybridized carbons (Fsp3) is 0.615. The molecule has 0 aromatic carbocycles. The van der Waals surface area contributed by atoms with Crippen molar-refractivity contribution in [1.82, 2.24) is 10.2 Å². The van der Waals surface area contributed by atoms with E-state index >= 15 is 0 Å². The van der Waals surface area contributed by atoms with Gasteiger partial charge < -0.3 is 10.2 Å². The SMILES string of the molecule is CNCCC1CCN(C(=O)c2sccc2Br)CC1.Cl. The smallest absolute Gasteiger partial charge is 0.265 e. The van der Waals surface area contributed by atoms with E-state index in [1.54, 1.807) is 0 Å². The van der Waals surface area contributed by atoms with Crippen LogP contribution in [0.3, 0.4) is 0 Å². The highest BCUT2D eigenvalue weighted by molar-refractivity contribution is 9.10. The highest BCUT2D eigenvalue weighted by atomic mass is 79.9. The van der Waals surface area contributed by atoms with Gasteiger partial charge in [0.2, 0.25) is 0 Å². The molecule has 1 aromatic rings. The maximum absolute atomic E-state index is 12.3. The standard InChI is InChI=1S/C13H19BrN2OS.ClH/c1-15-6-2-10-3-7-16(8-4-10)13(17)12-11(14)5-9-18-12;/h5,9-10,15H,2-4,6-8H2,1H3;1H. The number of likely N-dealkylation sites (tertiary alicyclic amines) is 1. The van der Waals surface area contributed by atoms with Gasteiger partial charge in [0.15, 0.2) is 0 Å². The minimum atomic E-state index is 0. The van der Waals surface area contributed by atoms with Crippen LogP contribution in [0.2, 0.25) is 0 Å². The van der Waals surface area contributed by atoms with Crippen molar-refractivity contribution in [1.29, 1.82) is 0 Å². The summed E-state index contributed by atoms with van der Waals surface area (Å²) >= 11 is 4.95. The Kier molecular flexibility index (Phi) is 7.36. The van der Waals surface area contributed by atoms with E-state index in [0.717, 1.165) is 47.7 Å². The predicted molar refractivity (Wildman–Crippen MR) is 86.4 cm³/mol. The fourth-order valence-corrected chi connectivity index (χ4v) is 3.87. The fourth-order valence-electron chi connectivity index (χ4n) is 2.36. The zero-order chi connectivity index (χ0) is 13.0. The number of amides is 1. The van der Waals surface area contributed by atoms with E-state index in [2.05, 4.69) is 21.2 Å². The lowest BCUT2D eigenvalue weighted by Gasteiger charge is -2.31. The van der Waals surface area contributed by atoms with Gasteiger partial charge in [-0.2, -0.15) is 0 Å². The molecule has 2 rings (SSSR count). The van der Waals surface area contributed by atoms with Gasteiger partial charge in [-0.3, -0.25) is 4.79 Å². The van der Waals surface area contributed by atoms with E-state index in [4.69, 9.17) is 0 Å². The molecule has 0 aliphatic carbocycles. The number of nitrogens with zero attached hydrogens (tertiary/aromatic N) is 1. The van der Waals surface area contributed by atoms with Crippen molar-refractivity contribution < 1.29 is 4.79 Å². The molecule has 0 spiro atoms. The molecule has 1 saturated heterocycles. The first-order valence-electron chi connectivity index (χ1n) is 6.39. The molecule has 2 heterocycles. The Bertz CT molecular complexity index is 405. The van der Waals surface area contributed by atoms with Crippen LogP contribution >= 0.6 is 39.7 Å². The third-order valence-electron chi connectivity index (χ3n) is 3.52. The minimum absolute atomic E-state index is 0. The highest BCUT2D eigenvalue weighted by Crippen LogP contribution is 2.27. The summed E-state index contributed by atoms with van der Waals surface area (Å²) in [5, 5.41) is 5.15. The van der Waals surface area contributed by atoms with E-state index in [9.17, 15) is 4.79 Å². The molecule has 3 nitrogen and oxygen atoms in total. The number of carbonyl (C=O) groups is 1. The van der Waals surface area contributed by atoms with E-state index in [0.29, 0.717) is 0 Å². The van der Waals surface area contributed by atoms with E-state index < -0.39 is 0 Å². The van der Waals surface area contributed by atoms with Crippen LogP contribution < -0.4 is 5.32 Å². The van der Waals surface area contributed by atoms with Crippen LogP contribution in [0.1, 0.15) is 28.9 Å². The largest absolute Gasteiger partial charge is 0.338 e. The molecule has 6 heteroatoms. The Hall–Kier alpha value is -0.100. The van der Waals surface area contributed by atoms with Crippen LogP contribution in [0, 0.1) is 5.92 Å². The molecule has 1 aliphatic rings. The number of nitrogens with one attached hydrogen (secondary N) is 1. The topological polar surface area (TPSA) is 32.3 Å². The Morgan fingerprint density at radius 3 is 2.74 bits per heavy atom. The number of halogens is 2. The Labute approximate surface area is 133 Å². The quantitative estimate of drug-likeness (QED) is 0.884. The Morgan fingerprint density at radius 1 is 1.53 bits per heavy atom. The molecule has 108 valence electrons. The van der Waals surface area contributed by atoms with Crippen molar-refractivity contribution in [3.8, 4) is 0 Å². The first kappa shape index (κ1) is 17.0. The van der Waals surface area contributed by atoms with Crippen molar-refractivity contribution in [2.45, 2.75) is 19.3 Å². The van der Waals surface area contributed by atoms with Gasteiger partial charge in [0, 0.05) is 17.6 Å². The molecule has 0 unspecified atom stereocenters. The van der Waals surface area contributed by atoms with E-state index in [1.807, 2.05) is 23.4 Å². The van der Waals surface area contributed by atoms with Crippen molar-refractivity contribution in [2.75, 3.05) is 26.7 Å². The predicted octanol–water partition coefficient (Wildman–Crippen LogP) is 3.39. The first-order valence-corrected chi connectivity index (χ1v) is 8.06. The lowest BCUT2D eigenvalue weighted by atomic mass is 9.93. The normalized spacial score (nSPS) is 16.2. The first-order chi connectivity index (χ1) is 8.72. The molecule has 1 amide bonds. The number of rotatable bonds is 4. The number of hydrogen-bond donors (Lipinski definition) is 1. The third-order valence-corrected chi connectivity index (χ3v) is 5.34. The van der Waals surface area contributed by atoms with E-state index in [1.165, 1.54) is 17.8 Å². The zero-order valence-corrected chi connectivity index (χ0v) is 14.2. The molecule has 0 saturated carbocycles. The van der Waals surface area contributed by atoms with Gasteiger partial charge in [0.1, 0.15) is 4.88 Å². The molecule has 1 aliphatic heterocycles. The number of piperidine rings is 1. The molecule has 0 atom stereocenters. The van der Waals surface area contributed by atoms with Gasteiger partial charge in [-0.25, -0.2) is 0 Å². The summed E-state index contributed by atoms with van der Waals surface area (Å²) in [4.78, 5) is 15.1. The lowest BCUT2D eigenvalue weighted by Crippen LogP contribution is -2.38. The Morgan fingerprint density at radius 2 is 2.21 bits per heavy atom. The van der Waals surface area contributed by atoms with Gasteiger partial charge in [-0.1, -0.05) is 0 Å². The molecule has 1 aromatic heterocycles. The average Bonchev–Trinajstić information content (AvgIpc) is 2.82. The van der Waals surface area contributed by atoms with Crippen LogP contribution in [-0.2, 0) is 0 Å². The van der Waals surface area contributed by atoms with Gasteiger partial charge in [-0.05, 0) is 66.1 Å². The molecule has 0 radical (unpaired) electrons. The van der Waals surface area contributed by atoms with Gasteiger partial charge in [0.05, 0.1) is 0 Å². The Balaban J connectivity index is 0.00000180. The second-order valence-corrected chi connectivity index (χ2v) is 6.50. The van der Waals surface area contributed by atoms with Crippen molar-refractivity contribution in [2.24, 2.45) is 5.92 Å². The average molecular weight is 368 g/mol. The van der Waals surface area contributed by atoms with Gasteiger partial charge >= 0.3 is 0 Å². The summed E-state index contributed by atoms with van der Waals surface area (Å²) in [5.74, 6) is 0.956. The molecule has 1 N–H and O–H groups in total. The number of carbonyl (C=O) groups excluding carboxylic acids is 1. The summed E-state index contributed by atoms with van der Waals surface area (Å²) in [5.41, 5.74) is 0. The highest BCUT2D eigenvalue weighted by Gasteiger charge is 2.24. The molecular formula is C13H20BrClN2OS. The summed E-state index contributed by atoms with van der Waals surface area (Å²) in [6, 6.07) is 1.94. The molecule has 1 fully saturated rings. The summed E-state index contributed by atoms with van der Waals surface area (Å²) < 4.78 is 0.926. The van der Waals surface area contributed by atoms with Crippen LogP contribution in [0.4, 0.5) is 0 Å². The van der Waals surface area contributed by atoms with Crippen molar-refractivity contribution in [3.05, 3.63) is 20.8 Å². The zero-order valence-electron chi connectivity index (χ0n) is 11.0. The van der Waals surface area contributed by atoms with Crippen molar-refractivity contribution >= 4 is 45.6 Å². The summed E-state index contributed by atoms with van der Waals surface area (Å²) in [6.45, 7) is 2.88. The van der Waals surface area contributed by atoms with Gasteiger partial charge in [0.25, 0.3) is 5.91 Å². The number of thiophene rings is 1. The maximum Gasteiger partial charge on any atom is 0.265 e. The third kappa shape index (κ3) is 4.45. The van der Waals surface area contributed by atoms with Crippen molar-refractivity contribution in [3.63, 3.8) is 0 Å². The van der Waals surface area contributed by atoms with Gasteiger partial charge in [-0.15, -0.1) is 23.7 Å². The van der Waals surface area contributed by atoms with Crippen LogP contribution in [0.15, 0.2) is 15.9 Å². The van der Waals surface area contributed by atoms with Crippen LogP contribution in [0.5, 0.6) is 0 Å². The molecular weight excluding hydrogens is 348 g/mol. The minimum Gasteiger partial charge on any atom is -0.338 e. The van der Waals surface area contributed by atoms with E-state index in [-0.39, 0.29) is 18.3 Å². The second-order valence-electron chi connectivity index (χ2n) is 4.73. The summed E-state index contributed by atoms with van der Waals surface area (Å²) in [7, 11) is 1.99. The lowest BCUT2D eigenvalue weighted by molar-refractivity contribution is 0.0691. The summed E-state index contributed by atoms with van der Waals surface area (Å²) in [6.07, 6.45) is 3.49. The second kappa shape index (κ2) is 8.25. The molecule has 0 bridgehead atoms.